The van der Waals surface area contributed by atoms with Gasteiger partial charge in [0.1, 0.15) is 23.4 Å². The summed E-state index contributed by atoms with van der Waals surface area (Å²) in [5, 5.41) is 20.4. The van der Waals surface area contributed by atoms with Gasteiger partial charge in [0.05, 0.1) is 5.56 Å². The van der Waals surface area contributed by atoms with Crippen LogP contribution in [0.2, 0.25) is 0 Å². The van der Waals surface area contributed by atoms with E-state index in [2.05, 4.69) is 6.92 Å². The van der Waals surface area contributed by atoms with Gasteiger partial charge in [-0.15, -0.1) is 0 Å². The first-order chi connectivity index (χ1) is 15.5. The molecule has 0 saturated heterocycles. The second-order valence-corrected chi connectivity index (χ2v) is 9.14. The molecule has 5 nitrogen and oxygen atoms in total. The zero-order valence-electron chi connectivity index (χ0n) is 19.9. The van der Waals surface area contributed by atoms with Crippen molar-refractivity contribution in [1.82, 2.24) is 0 Å². The number of rotatable bonds is 3. The van der Waals surface area contributed by atoms with Gasteiger partial charge < -0.3 is 19.7 Å². The average molecular weight is 447 g/mol. The number of fused-ring (bicyclic) bond motifs is 1. The van der Waals surface area contributed by atoms with Gasteiger partial charge in [-0.1, -0.05) is 12.1 Å². The minimum Gasteiger partial charge on any atom is -0.508 e. The third kappa shape index (κ3) is 4.28. The maximum atomic E-state index is 13.2. The second kappa shape index (κ2) is 8.47. The van der Waals surface area contributed by atoms with Gasteiger partial charge in [-0.05, 0) is 92.6 Å². The molecule has 2 atom stereocenters. The molecule has 1 heterocycles. The first-order valence-electron chi connectivity index (χ1n) is 11.1. The van der Waals surface area contributed by atoms with Gasteiger partial charge in [0.2, 0.25) is 0 Å². The lowest BCUT2D eigenvalue weighted by atomic mass is 9.90. The minimum atomic E-state index is -0.649. The fraction of sp³-hybridized carbons (Fsp3) is 0.321. The SMILES string of the molecule is Cc1cc(C(=O)OC2Cc3c(O)cc(O)cc3OC2c2cc(C)c(C)c(C)c2)cc(C)c1C. The van der Waals surface area contributed by atoms with Crippen molar-refractivity contribution < 1.29 is 24.5 Å². The zero-order chi connectivity index (χ0) is 24.0. The normalized spacial score (nSPS) is 17.3. The van der Waals surface area contributed by atoms with E-state index in [9.17, 15) is 15.0 Å². The Labute approximate surface area is 194 Å². The monoisotopic (exact) mass is 446 g/mol. The number of phenols is 2. The number of phenolic OH excluding ortho intramolecular Hbond substituents is 2. The van der Waals surface area contributed by atoms with Crippen LogP contribution in [-0.4, -0.2) is 22.3 Å². The van der Waals surface area contributed by atoms with Crippen LogP contribution in [-0.2, 0) is 11.2 Å². The fourth-order valence-electron chi connectivity index (χ4n) is 4.43. The lowest BCUT2D eigenvalue weighted by Gasteiger charge is -2.34. The molecular weight excluding hydrogens is 416 g/mol. The van der Waals surface area contributed by atoms with Crippen LogP contribution in [0.25, 0.3) is 0 Å². The lowest BCUT2D eigenvalue weighted by Crippen LogP contribution is -2.35. The first kappa shape index (κ1) is 22.7. The van der Waals surface area contributed by atoms with Gasteiger partial charge in [-0.2, -0.15) is 0 Å². The summed E-state index contributed by atoms with van der Waals surface area (Å²) in [6, 6.07) is 10.5. The van der Waals surface area contributed by atoms with Crippen LogP contribution in [0.4, 0.5) is 0 Å². The highest BCUT2D eigenvalue weighted by molar-refractivity contribution is 5.90. The zero-order valence-corrected chi connectivity index (χ0v) is 19.9. The Morgan fingerprint density at radius 2 is 1.39 bits per heavy atom. The number of hydrogen-bond donors (Lipinski definition) is 2. The first-order valence-corrected chi connectivity index (χ1v) is 11.1. The van der Waals surface area contributed by atoms with E-state index in [-0.39, 0.29) is 17.9 Å². The highest BCUT2D eigenvalue weighted by atomic mass is 16.6. The van der Waals surface area contributed by atoms with E-state index in [4.69, 9.17) is 9.47 Å². The lowest BCUT2D eigenvalue weighted by molar-refractivity contribution is -0.0188. The molecule has 0 aliphatic carbocycles. The molecule has 0 saturated carbocycles. The number of hydrogen-bond acceptors (Lipinski definition) is 5. The van der Waals surface area contributed by atoms with Crippen molar-refractivity contribution in [3.05, 3.63) is 86.5 Å². The van der Waals surface area contributed by atoms with E-state index in [1.807, 2.05) is 58.9 Å². The summed E-state index contributed by atoms with van der Waals surface area (Å²) in [5.74, 6) is -0.199. The molecule has 0 spiro atoms. The van der Waals surface area contributed by atoms with Gasteiger partial charge in [-0.3, -0.25) is 0 Å². The Morgan fingerprint density at radius 3 is 1.97 bits per heavy atom. The Kier molecular flexibility index (Phi) is 5.83. The molecule has 3 aromatic rings. The van der Waals surface area contributed by atoms with Crippen LogP contribution in [0, 0.1) is 41.5 Å². The predicted molar refractivity (Wildman–Crippen MR) is 127 cm³/mol. The molecule has 172 valence electrons. The minimum absolute atomic E-state index is 0.0807. The summed E-state index contributed by atoms with van der Waals surface area (Å²) in [7, 11) is 0. The van der Waals surface area contributed by atoms with Crippen LogP contribution in [0.15, 0.2) is 36.4 Å². The predicted octanol–water partition coefficient (Wildman–Crippen LogP) is 5.85. The maximum absolute atomic E-state index is 13.2. The van der Waals surface area contributed by atoms with E-state index in [1.54, 1.807) is 0 Å². The molecule has 1 aliphatic heterocycles. The molecule has 0 amide bonds. The molecule has 0 radical (unpaired) electrons. The summed E-state index contributed by atoms with van der Waals surface area (Å²) < 4.78 is 12.3. The van der Waals surface area contributed by atoms with E-state index in [1.165, 1.54) is 17.7 Å². The number of carbonyl (C=O) groups excluding carboxylic acids is 1. The number of esters is 1. The topological polar surface area (TPSA) is 76.0 Å². The van der Waals surface area contributed by atoms with Crippen molar-refractivity contribution in [2.24, 2.45) is 0 Å². The summed E-state index contributed by atoms with van der Waals surface area (Å²) in [6.07, 6.45) is -0.953. The molecule has 2 unspecified atom stereocenters. The van der Waals surface area contributed by atoms with Crippen LogP contribution in [0.3, 0.4) is 0 Å². The van der Waals surface area contributed by atoms with Gasteiger partial charge in [-0.25, -0.2) is 4.79 Å². The van der Waals surface area contributed by atoms with E-state index < -0.39 is 18.2 Å². The van der Waals surface area contributed by atoms with Crippen molar-refractivity contribution in [2.75, 3.05) is 0 Å². The van der Waals surface area contributed by atoms with Crippen LogP contribution in [0.1, 0.15) is 61.0 Å². The Balaban J connectivity index is 1.75. The van der Waals surface area contributed by atoms with Crippen molar-refractivity contribution in [2.45, 2.75) is 60.2 Å². The molecule has 0 aromatic heterocycles. The Morgan fingerprint density at radius 1 is 0.848 bits per heavy atom. The van der Waals surface area contributed by atoms with Crippen LogP contribution in [0.5, 0.6) is 17.2 Å². The smallest absolute Gasteiger partial charge is 0.338 e. The highest BCUT2D eigenvalue weighted by Crippen LogP contribution is 2.43. The molecule has 2 N–H and O–H groups in total. The van der Waals surface area contributed by atoms with Crippen molar-refractivity contribution in [3.63, 3.8) is 0 Å². The molecule has 4 rings (SSSR count). The summed E-state index contributed by atoms with van der Waals surface area (Å²) in [4.78, 5) is 13.2. The van der Waals surface area contributed by atoms with E-state index in [0.29, 0.717) is 16.9 Å². The van der Waals surface area contributed by atoms with Gasteiger partial charge in [0.25, 0.3) is 0 Å². The largest absolute Gasteiger partial charge is 0.508 e. The number of carbonyl (C=O) groups is 1. The number of benzene rings is 3. The van der Waals surface area contributed by atoms with Gasteiger partial charge >= 0.3 is 5.97 Å². The van der Waals surface area contributed by atoms with Crippen molar-refractivity contribution in [3.8, 4) is 17.2 Å². The fourth-order valence-corrected chi connectivity index (χ4v) is 4.43. The third-order valence-electron chi connectivity index (χ3n) is 6.87. The van der Waals surface area contributed by atoms with E-state index in [0.717, 1.165) is 33.4 Å². The quantitative estimate of drug-likeness (QED) is 0.494. The van der Waals surface area contributed by atoms with Crippen molar-refractivity contribution >= 4 is 5.97 Å². The van der Waals surface area contributed by atoms with Crippen LogP contribution < -0.4 is 4.74 Å². The number of ether oxygens (including phenoxy) is 2. The third-order valence-corrected chi connectivity index (χ3v) is 6.87. The number of aryl methyl sites for hydroxylation is 4. The highest BCUT2D eigenvalue weighted by Gasteiger charge is 2.36. The summed E-state index contributed by atoms with van der Waals surface area (Å²) >= 11 is 0. The summed E-state index contributed by atoms with van der Waals surface area (Å²) in [6.45, 7) is 12.1. The molecular formula is C28H30O5. The second-order valence-electron chi connectivity index (χ2n) is 9.14. The molecule has 0 bridgehead atoms. The molecule has 0 fully saturated rings. The Bertz CT molecular complexity index is 1210. The average Bonchev–Trinajstić information content (AvgIpc) is 2.75. The molecule has 3 aromatic carbocycles. The Hall–Kier alpha value is -3.47. The van der Waals surface area contributed by atoms with E-state index >= 15 is 0 Å². The maximum Gasteiger partial charge on any atom is 0.338 e. The van der Waals surface area contributed by atoms with Gasteiger partial charge in [0, 0.05) is 24.1 Å². The molecule has 1 aliphatic rings. The molecule has 5 heteroatoms. The standard InChI is InChI=1S/C28H30O5/c1-14-7-20(8-15(2)18(14)5)27-26(13-23-24(30)11-22(29)12-25(23)32-27)33-28(31)21-9-16(3)19(6)17(4)10-21/h7-12,26-27,29-30H,13H2,1-6H3. The molecule has 33 heavy (non-hydrogen) atoms. The van der Waals surface area contributed by atoms with Crippen LogP contribution >= 0.6 is 0 Å². The van der Waals surface area contributed by atoms with Gasteiger partial charge in [0.15, 0.2) is 6.10 Å². The summed E-state index contributed by atoms with van der Waals surface area (Å²) in [5.41, 5.74) is 8.53. The number of aromatic hydroxyl groups is 2. The van der Waals surface area contributed by atoms with Crippen molar-refractivity contribution in [1.29, 1.82) is 0 Å².